The fourth-order valence-corrected chi connectivity index (χ4v) is 2.74. The first kappa shape index (κ1) is 21.2. The molecule has 28 heavy (non-hydrogen) atoms. The van der Waals surface area contributed by atoms with E-state index in [0.717, 1.165) is 16.9 Å². The summed E-state index contributed by atoms with van der Waals surface area (Å²) in [7, 11) is 1.50. The Bertz CT molecular complexity index is 855. The topological polar surface area (TPSA) is 98.7 Å². The van der Waals surface area contributed by atoms with Gasteiger partial charge in [-0.15, -0.1) is 0 Å². The molecule has 1 aromatic carbocycles. The maximum atomic E-state index is 12.4. The average Bonchev–Trinajstić information content (AvgIpc) is 2.95. The molecule has 0 fully saturated rings. The molecular formula is C20H25N3O5. The number of hydrogen-bond acceptors (Lipinski definition) is 5. The van der Waals surface area contributed by atoms with Gasteiger partial charge in [-0.1, -0.05) is 17.7 Å². The summed E-state index contributed by atoms with van der Waals surface area (Å²) in [6.45, 7) is 5.75. The number of aromatic nitrogens is 1. The summed E-state index contributed by atoms with van der Waals surface area (Å²) in [5.41, 5.74) is 4.03. The lowest BCUT2D eigenvalue weighted by Gasteiger charge is -2.10. The van der Waals surface area contributed by atoms with E-state index in [0.29, 0.717) is 17.9 Å². The van der Waals surface area contributed by atoms with Crippen LogP contribution in [-0.2, 0) is 14.3 Å². The Morgan fingerprint density at radius 2 is 1.75 bits per heavy atom. The fourth-order valence-electron chi connectivity index (χ4n) is 2.74. The number of imide groups is 1. The fraction of sp³-hybridized carbons (Fsp3) is 0.350. The van der Waals surface area contributed by atoms with Gasteiger partial charge in [0.1, 0.15) is 0 Å². The van der Waals surface area contributed by atoms with Crippen LogP contribution in [-0.4, -0.2) is 49.3 Å². The summed E-state index contributed by atoms with van der Waals surface area (Å²) in [4.78, 5) is 35.6. The molecule has 8 nitrogen and oxygen atoms in total. The number of urea groups is 1. The molecule has 1 aromatic heterocycles. The van der Waals surface area contributed by atoms with Crippen LogP contribution in [0.15, 0.2) is 30.3 Å². The van der Waals surface area contributed by atoms with E-state index in [-0.39, 0.29) is 6.54 Å². The first-order valence-corrected chi connectivity index (χ1v) is 8.83. The van der Waals surface area contributed by atoms with Gasteiger partial charge in [0, 0.05) is 30.7 Å². The summed E-state index contributed by atoms with van der Waals surface area (Å²) in [6.07, 6.45) is 0. The molecule has 0 bridgehead atoms. The van der Waals surface area contributed by atoms with Crippen molar-refractivity contribution in [3.63, 3.8) is 0 Å². The lowest BCUT2D eigenvalue weighted by Crippen LogP contribution is -2.42. The second-order valence-electron chi connectivity index (χ2n) is 6.33. The molecule has 0 atom stereocenters. The molecule has 2 rings (SSSR count). The van der Waals surface area contributed by atoms with Gasteiger partial charge in [-0.3, -0.25) is 10.1 Å². The van der Waals surface area contributed by atoms with E-state index in [4.69, 9.17) is 9.47 Å². The maximum absolute atomic E-state index is 12.4. The van der Waals surface area contributed by atoms with Crippen molar-refractivity contribution >= 4 is 17.9 Å². The van der Waals surface area contributed by atoms with Gasteiger partial charge in [-0.2, -0.15) is 0 Å². The quantitative estimate of drug-likeness (QED) is 0.560. The van der Waals surface area contributed by atoms with E-state index in [9.17, 15) is 14.4 Å². The highest BCUT2D eigenvalue weighted by Crippen LogP contribution is 2.21. The molecule has 8 heteroatoms. The van der Waals surface area contributed by atoms with Crippen LogP contribution in [0.1, 0.15) is 27.3 Å². The van der Waals surface area contributed by atoms with Crippen molar-refractivity contribution in [3.05, 3.63) is 52.8 Å². The third-order valence-electron chi connectivity index (χ3n) is 4.12. The van der Waals surface area contributed by atoms with E-state index in [1.807, 2.05) is 49.6 Å². The second kappa shape index (κ2) is 9.70. The molecule has 0 aliphatic rings. The number of ether oxygens (including phenoxy) is 2. The van der Waals surface area contributed by atoms with Gasteiger partial charge in [0.2, 0.25) is 0 Å². The molecule has 0 unspecified atom stereocenters. The smallest absolute Gasteiger partial charge is 0.340 e. The minimum Gasteiger partial charge on any atom is -0.452 e. The molecule has 2 N–H and O–H groups in total. The highest BCUT2D eigenvalue weighted by atomic mass is 16.5. The molecule has 0 saturated carbocycles. The predicted octanol–water partition coefficient (Wildman–Crippen LogP) is 2.03. The van der Waals surface area contributed by atoms with Crippen LogP contribution in [0.4, 0.5) is 4.79 Å². The Morgan fingerprint density at radius 1 is 1.07 bits per heavy atom. The van der Waals surface area contributed by atoms with Crippen LogP contribution >= 0.6 is 0 Å². The van der Waals surface area contributed by atoms with Gasteiger partial charge in [-0.25, -0.2) is 9.59 Å². The SMILES string of the molecule is COCCNC(=O)NC(=O)COC(=O)c1cc(C)n(-c2ccc(C)cc2)c1C. The zero-order valence-electron chi connectivity index (χ0n) is 16.5. The van der Waals surface area contributed by atoms with Crippen molar-refractivity contribution in [3.8, 4) is 5.69 Å². The number of nitrogens with one attached hydrogen (secondary N) is 2. The maximum Gasteiger partial charge on any atom is 0.340 e. The summed E-state index contributed by atoms with van der Waals surface area (Å²) >= 11 is 0. The van der Waals surface area contributed by atoms with Crippen LogP contribution in [0.25, 0.3) is 5.69 Å². The number of benzene rings is 1. The molecule has 2 aromatic rings. The highest BCUT2D eigenvalue weighted by Gasteiger charge is 2.19. The summed E-state index contributed by atoms with van der Waals surface area (Å²) in [6, 6.07) is 8.98. The number of nitrogens with zero attached hydrogens (tertiary/aromatic N) is 1. The Balaban J connectivity index is 1.98. The predicted molar refractivity (Wildman–Crippen MR) is 104 cm³/mol. The van der Waals surface area contributed by atoms with Crippen molar-refractivity contribution in [2.45, 2.75) is 20.8 Å². The number of methoxy groups -OCH3 is 1. The molecule has 0 aliphatic carbocycles. The summed E-state index contributed by atoms with van der Waals surface area (Å²) < 4.78 is 11.8. The van der Waals surface area contributed by atoms with Gasteiger partial charge < -0.3 is 19.4 Å². The van der Waals surface area contributed by atoms with Crippen LogP contribution in [0.5, 0.6) is 0 Å². The van der Waals surface area contributed by atoms with Crippen molar-refractivity contribution in [2.24, 2.45) is 0 Å². The monoisotopic (exact) mass is 387 g/mol. The normalized spacial score (nSPS) is 10.4. The van der Waals surface area contributed by atoms with Gasteiger partial charge in [0.05, 0.1) is 12.2 Å². The molecular weight excluding hydrogens is 362 g/mol. The number of rotatable bonds is 7. The number of aryl methyl sites for hydroxylation is 2. The van der Waals surface area contributed by atoms with Crippen LogP contribution in [0.3, 0.4) is 0 Å². The first-order chi connectivity index (χ1) is 13.3. The zero-order chi connectivity index (χ0) is 20.7. The van der Waals surface area contributed by atoms with E-state index >= 15 is 0 Å². The number of amides is 3. The number of carbonyl (C=O) groups excluding carboxylic acids is 3. The van der Waals surface area contributed by atoms with Crippen LogP contribution < -0.4 is 10.6 Å². The van der Waals surface area contributed by atoms with E-state index in [1.165, 1.54) is 7.11 Å². The van der Waals surface area contributed by atoms with E-state index in [2.05, 4.69) is 10.6 Å². The van der Waals surface area contributed by atoms with Crippen molar-refractivity contribution in [1.29, 1.82) is 0 Å². The van der Waals surface area contributed by atoms with E-state index < -0.39 is 24.5 Å². The van der Waals surface area contributed by atoms with Crippen LogP contribution in [0.2, 0.25) is 0 Å². The molecule has 1 heterocycles. The molecule has 0 aliphatic heterocycles. The van der Waals surface area contributed by atoms with Crippen molar-refractivity contribution in [1.82, 2.24) is 15.2 Å². The molecule has 0 radical (unpaired) electrons. The zero-order valence-corrected chi connectivity index (χ0v) is 16.5. The first-order valence-electron chi connectivity index (χ1n) is 8.83. The third kappa shape index (κ3) is 5.43. The minimum absolute atomic E-state index is 0.264. The van der Waals surface area contributed by atoms with E-state index in [1.54, 1.807) is 6.07 Å². The minimum atomic E-state index is -0.712. The summed E-state index contributed by atoms with van der Waals surface area (Å²) in [5, 5.41) is 4.52. The lowest BCUT2D eigenvalue weighted by atomic mass is 10.2. The largest absolute Gasteiger partial charge is 0.452 e. The summed E-state index contributed by atoms with van der Waals surface area (Å²) in [5.74, 6) is -1.34. The van der Waals surface area contributed by atoms with Gasteiger partial charge in [-0.05, 0) is 39.0 Å². The lowest BCUT2D eigenvalue weighted by molar-refractivity contribution is -0.123. The van der Waals surface area contributed by atoms with Crippen LogP contribution in [0, 0.1) is 20.8 Å². The Hall–Kier alpha value is -3.13. The third-order valence-corrected chi connectivity index (χ3v) is 4.12. The van der Waals surface area contributed by atoms with Crippen molar-refractivity contribution < 1.29 is 23.9 Å². The number of carbonyl (C=O) groups is 3. The van der Waals surface area contributed by atoms with Gasteiger partial charge in [0.15, 0.2) is 6.61 Å². The number of hydrogen-bond donors (Lipinski definition) is 2. The second-order valence-corrected chi connectivity index (χ2v) is 6.33. The number of esters is 1. The molecule has 0 spiro atoms. The van der Waals surface area contributed by atoms with Gasteiger partial charge in [0.25, 0.3) is 5.91 Å². The molecule has 150 valence electrons. The Labute approximate surface area is 163 Å². The molecule has 0 saturated heterocycles. The van der Waals surface area contributed by atoms with Gasteiger partial charge >= 0.3 is 12.0 Å². The highest BCUT2D eigenvalue weighted by molar-refractivity contribution is 5.97. The Morgan fingerprint density at radius 3 is 2.39 bits per heavy atom. The average molecular weight is 387 g/mol. The Kier molecular flexibility index (Phi) is 7.34. The molecule has 3 amide bonds. The standard InChI is InChI=1S/C20H25N3O5/c1-13-5-7-16(8-6-13)23-14(2)11-17(15(23)3)19(25)28-12-18(24)22-20(26)21-9-10-27-4/h5-8,11H,9-10,12H2,1-4H3,(H2,21,22,24,26). The van der Waals surface area contributed by atoms with Crippen molar-refractivity contribution in [2.75, 3.05) is 26.9 Å².